The van der Waals surface area contributed by atoms with Gasteiger partial charge in [-0.15, -0.1) is 12.4 Å². The topological polar surface area (TPSA) is 36.7 Å². The third kappa shape index (κ3) is 6.99. The standard InChI is InChI=1S/C27H24F6N2O2.ClH/c1-34(2)16-23-13-20-15-35(10-9-24(20)37-23)25(36)19-7-5-17(6-8-19)3-4-18-11-21(26(28,29)30)14-22(12-18)27(31,32)33;/h3-8,11-14H,9-10,15-16H2,1-2H3;1H/b4-3-;. The normalized spacial score (nSPS) is 14.1. The Morgan fingerprint density at radius 1 is 0.921 bits per heavy atom. The van der Waals surface area contributed by atoms with Crippen LogP contribution in [0.1, 0.15) is 49.7 Å². The van der Waals surface area contributed by atoms with E-state index in [1.165, 1.54) is 12.2 Å². The lowest BCUT2D eigenvalue weighted by Gasteiger charge is -2.26. The molecule has 0 atom stereocenters. The highest BCUT2D eigenvalue weighted by Gasteiger charge is 2.36. The van der Waals surface area contributed by atoms with Gasteiger partial charge in [0, 0.05) is 30.6 Å². The van der Waals surface area contributed by atoms with Crippen molar-refractivity contribution in [1.29, 1.82) is 0 Å². The molecule has 3 aromatic rings. The molecule has 1 amide bonds. The van der Waals surface area contributed by atoms with E-state index in [1.54, 1.807) is 29.2 Å². The molecule has 0 spiro atoms. The van der Waals surface area contributed by atoms with Crippen LogP contribution >= 0.6 is 12.4 Å². The van der Waals surface area contributed by atoms with E-state index in [0.717, 1.165) is 17.1 Å². The molecule has 0 fully saturated rings. The van der Waals surface area contributed by atoms with Gasteiger partial charge < -0.3 is 14.2 Å². The first-order valence-corrected chi connectivity index (χ1v) is 11.4. The number of hydrogen-bond acceptors (Lipinski definition) is 3. The van der Waals surface area contributed by atoms with Gasteiger partial charge in [0.25, 0.3) is 5.91 Å². The Morgan fingerprint density at radius 3 is 2.05 bits per heavy atom. The van der Waals surface area contributed by atoms with Gasteiger partial charge in [0.2, 0.25) is 0 Å². The van der Waals surface area contributed by atoms with E-state index < -0.39 is 23.5 Å². The lowest BCUT2D eigenvalue weighted by atomic mass is 10.0. The molecule has 0 unspecified atom stereocenters. The molecule has 0 bridgehead atoms. The molecule has 38 heavy (non-hydrogen) atoms. The van der Waals surface area contributed by atoms with Crippen molar-refractivity contribution in [1.82, 2.24) is 9.80 Å². The Bertz CT molecular complexity index is 1280. The molecule has 11 heteroatoms. The van der Waals surface area contributed by atoms with Crippen molar-refractivity contribution in [2.75, 3.05) is 20.6 Å². The maximum atomic E-state index is 13.1. The summed E-state index contributed by atoms with van der Waals surface area (Å²) in [6.07, 6.45) is -6.64. The van der Waals surface area contributed by atoms with Crippen LogP contribution in [0.25, 0.3) is 12.2 Å². The molecule has 0 radical (unpaired) electrons. The van der Waals surface area contributed by atoms with Crippen molar-refractivity contribution in [2.45, 2.75) is 31.9 Å². The monoisotopic (exact) mass is 558 g/mol. The van der Waals surface area contributed by atoms with Gasteiger partial charge in [-0.2, -0.15) is 26.3 Å². The first-order valence-electron chi connectivity index (χ1n) is 11.4. The van der Waals surface area contributed by atoms with Crippen LogP contribution in [-0.2, 0) is 31.9 Å². The zero-order valence-electron chi connectivity index (χ0n) is 20.5. The SMILES string of the molecule is CN(C)Cc1cc2c(o1)CCN(C(=O)c1ccc(/C=C\c3cc(C(F)(F)F)cc(C(F)(F)F)c3)cc1)C2.Cl. The third-order valence-electron chi connectivity index (χ3n) is 5.91. The number of rotatable bonds is 5. The van der Waals surface area contributed by atoms with Crippen molar-refractivity contribution in [2.24, 2.45) is 0 Å². The zero-order valence-corrected chi connectivity index (χ0v) is 21.3. The Hall–Kier alpha value is -3.24. The lowest BCUT2D eigenvalue weighted by Crippen LogP contribution is -2.35. The highest BCUT2D eigenvalue weighted by molar-refractivity contribution is 5.94. The summed E-state index contributed by atoms with van der Waals surface area (Å²) >= 11 is 0. The number of carbonyl (C=O) groups is 1. The van der Waals surface area contributed by atoms with Crippen molar-refractivity contribution in [3.8, 4) is 0 Å². The molecule has 2 aromatic carbocycles. The fraction of sp³-hybridized carbons (Fsp3) is 0.296. The van der Waals surface area contributed by atoms with Gasteiger partial charge in [0.15, 0.2) is 0 Å². The van der Waals surface area contributed by atoms with E-state index in [1.807, 2.05) is 25.1 Å². The van der Waals surface area contributed by atoms with E-state index in [0.29, 0.717) is 49.3 Å². The number of nitrogens with zero attached hydrogens (tertiary/aromatic N) is 2. The summed E-state index contributed by atoms with van der Waals surface area (Å²) in [7, 11) is 3.88. The number of amides is 1. The Balaban J connectivity index is 0.00000400. The average molecular weight is 559 g/mol. The summed E-state index contributed by atoms with van der Waals surface area (Å²) in [5, 5.41) is 0. The molecular weight excluding hydrogens is 534 g/mol. The second-order valence-electron chi connectivity index (χ2n) is 9.17. The van der Waals surface area contributed by atoms with Gasteiger partial charge in [0.1, 0.15) is 11.5 Å². The van der Waals surface area contributed by atoms with E-state index in [2.05, 4.69) is 0 Å². The number of furan rings is 1. The summed E-state index contributed by atoms with van der Waals surface area (Å²) in [5.74, 6) is 1.54. The van der Waals surface area contributed by atoms with Gasteiger partial charge in [0.05, 0.1) is 17.7 Å². The fourth-order valence-electron chi connectivity index (χ4n) is 4.14. The molecule has 0 saturated heterocycles. The Kier molecular flexibility index (Phi) is 8.68. The summed E-state index contributed by atoms with van der Waals surface area (Å²) < 4.78 is 84.3. The van der Waals surface area contributed by atoms with E-state index in [-0.39, 0.29) is 29.9 Å². The van der Waals surface area contributed by atoms with Crippen LogP contribution < -0.4 is 0 Å². The summed E-state index contributed by atoms with van der Waals surface area (Å²) in [6.45, 7) is 1.58. The van der Waals surface area contributed by atoms with E-state index >= 15 is 0 Å². The molecule has 0 N–H and O–H groups in total. The van der Waals surface area contributed by atoms with E-state index in [9.17, 15) is 31.1 Å². The fourth-order valence-corrected chi connectivity index (χ4v) is 4.14. The minimum atomic E-state index is -4.91. The Morgan fingerprint density at radius 2 is 1.50 bits per heavy atom. The van der Waals surface area contributed by atoms with Crippen LogP contribution in [0.3, 0.4) is 0 Å². The number of alkyl halides is 6. The van der Waals surface area contributed by atoms with Crippen LogP contribution in [0.5, 0.6) is 0 Å². The average Bonchev–Trinajstić information content (AvgIpc) is 3.22. The highest BCUT2D eigenvalue weighted by atomic mass is 35.5. The van der Waals surface area contributed by atoms with E-state index in [4.69, 9.17) is 4.42 Å². The number of benzene rings is 2. The first kappa shape index (κ1) is 29.3. The molecule has 1 aromatic heterocycles. The van der Waals surface area contributed by atoms with Crippen LogP contribution in [0.15, 0.2) is 52.9 Å². The number of carbonyl (C=O) groups excluding carboxylic acids is 1. The Labute approximate surface area is 221 Å². The van der Waals surface area contributed by atoms with Gasteiger partial charge >= 0.3 is 12.4 Å². The second kappa shape index (κ2) is 11.2. The maximum absolute atomic E-state index is 13.1. The van der Waals surface area contributed by atoms with Crippen LogP contribution in [-0.4, -0.2) is 36.3 Å². The predicted molar refractivity (Wildman–Crippen MR) is 134 cm³/mol. The van der Waals surface area contributed by atoms with Gasteiger partial charge in [-0.25, -0.2) is 0 Å². The molecule has 0 saturated carbocycles. The molecular formula is C27H25ClF6N2O2. The van der Waals surface area contributed by atoms with Crippen molar-refractivity contribution in [3.63, 3.8) is 0 Å². The summed E-state index contributed by atoms with van der Waals surface area (Å²) in [6, 6.07) is 9.71. The minimum absolute atomic E-state index is 0. The van der Waals surface area contributed by atoms with Crippen LogP contribution in [0.2, 0.25) is 0 Å². The highest BCUT2D eigenvalue weighted by Crippen LogP contribution is 2.36. The lowest BCUT2D eigenvalue weighted by molar-refractivity contribution is -0.143. The zero-order chi connectivity index (χ0) is 27.0. The summed E-state index contributed by atoms with van der Waals surface area (Å²) in [4.78, 5) is 16.7. The second-order valence-corrected chi connectivity index (χ2v) is 9.17. The minimum Gasteiger partial charge on any atom is -0.464 e. The van der Waals surface area contributed by atoms with Gasteiger partial charge in [-0.1, -0.05) is 24.3 Å². The molecule has 4 nitrogen and oxygen atoms in total. The van der Waals surface area contributed by atoms with Gasteiger partial charge in [-0.3, -0.25) is 4.79 Å². The molecule has 0 aliphatic carbocycles. The molecule has 1 aliphatic rings. The molecule has 204 valence electrons. The number of halogens is 7. The van der Waals surface area contributed by atoms with Crippen molar-refractivity contribution >= 4 is 30.5 Å². The largest absolute Gasteiger partial charge is 0.464 e. The van der Waals surface area contributed by atoms with Gasteiger partial charge in [-0.05, 0) is 61.6 Å². The molecule has 1 aliphatic heterocycles. The first-order chi connectivity index (χ1) is 17.3. The quantitative estimate of drug-likeness (QED) is 0.246. The maximum Gasteiger partial charge on any atom is 0.416 e. The smallest absolute Gasteiger partial charge is 0.416 e. The van der Waals surface area contributed by atoms with Crippen LogP contribution in [0, 0.1) is 0 Å². The number of fused-ring (bicyclic) bond motifs is 1. The van der Waals surface area contributed by atoms with Crippen LogP contribution in [0.4, 0.5) is 26.3 Å². The van der Waals surface area contributed by atoms with Crippen molar-refractivity contribution in [3.05, 3.63) is 93.4 Å². The predicted octanol–water partition coefficient (Wildman–Crippen LogP) is 7.17. The summed E-state index contributed by atoms with van der Waals surface area (Å²) in [5.41, 5.74) is -1.07. The number of hydrogen-bond donors (Lipinski definition) is 0. The molecule has 2 heterocycles. The molecule has 4 rings (SSSR count). The third-order valence-corrected chi connectivity index (χ3v) is 5.91. The van der Waals surface area contributed by atoms with Crippen molar-refractivity contribution < 1.29 is 35.6 Å².